The van der Waals surface area contributed by atoms with E-state index in [1.165, 1.54) is 0 Å². The minimum Gasteiger partial charge on any atom is -0.481 e. The summed E-state index contributed by atoms with van der Waals surface area (Å²) in [6.45, 7) is 2.05. The molecule has 0 aromatic carbocycles. The third-order valence-electron chi connectivity index (χ3n) is 2.41. The van der Waals surface area contributed by atoms with E-state index in [9.17, 15) is 13.2 Å². The van der Waals surface area contributed by atoms with E-state index in [0.29, 0.717) is 5.69 Å². The summed E-state index contributed by atoms with van der Waals surface area (Å²) in [5.41, 5.74) is 1.64. The van der Waals surface area contributed by atoms with E-state index in [1.807, 2.05) is 13.0 Å². The van der Waals surface area contributed by atoms with Gasteiger partial charge >= 0.3 is 5.97 Å². The minimum atomic E-state index is -3.57. The summed E-state index contributed by atoms with van der Waals surface area (Å²) < 4.78 is 25.4. The van der Waals surface area contributed by atoms with Gasteiger partial charge in [-0.25, -0.2) is 13.1 Å². The summed E-state index contributed by atoms with van der Waals surface area (Å²) in [5, 5.41) is 8.44. The predicted octanol–water partition coefficient (Wildman–Crippen LogP) is 0.538. The van der Waals surface area contributed by atoms with E-state index < -0.39 is 28.2 Å². The minimum absolute atomic E-state index is 0.0893. The highest BCUT2D eigenvalue weighted by Gasteiger charge is 2.13. The van der Waals surface area contributed by atoms with Gasteiger partial charge in [-0.05, 0) is 18.1 Å². The third kappa shape index (κ3) is 4.80. The van der Waals surface area contributed by atoms with Crippen LogP contribution in [-0.4, -0.2) is 30.2 Å². The highest BCUT2D eigenvalue weighted by molar-refractivity contribution is 7.89. The molecule has 0 radical (unpaired) electrons. The molecule has 0 atom stereocenters. The first kappa shape index (κ1) is 14.6. The Morgan fingerprint density at radius 1 is 1.50 bits per heavy atom. The maximum atomic E-state index is 11.5. The smallest absolute Gasteiger partial charge is 0.304 e. The Bertz CT molecular complexity index is 514. The fourth-order valence-corrected chi connectivity index (χ4v) is 2.37. The molecule has 7 heteroatoms. The first-order valence-corrected chi connectivity index (χ1v) is 7.21. The Kier molecular flexibility index (Phi) is 5.24. The van der Waals surface area contributed by atoms with Crippen LogP contribution in [0, 0.1) is 0 Å². The van der Waals surface area contributed by atoms with E-state index in [1.54, 1.807) is 12.3 Å². The number of sulfonamides is 1. The van der Waals surface area contributed by atoms with Crippen LogP contribution in [0.5, 0.6) is 0 Å². The number of aliphatic carboxylic acids is 1. The first-order chi connectivity index (χ1) is 8.44. The second-order valence-corrected chi connectivity index (χ2v) is 5.67. The summed E-state index contributed by atoms with van der Waals surface area (Å²) in [4.78, 5) is 14.4. The van der Waals surface area contributed by atoms with Crippen LogP contribution >= 0.6 is 0 Å². The number of carboxylic acid groups (broad SMARTS) is 1. The molecule has 0 saturated heterocycles. The second kappa shape index (κ2) is 6.46. The average molecular weight is 272 g/mol. The second-order valence-electron chi connectivity index (χ2n) is 3.75. The maximum absolute atomic E-state index is 11.5. The summed E-state index contributed by atoms with van der Waals surface area (Å²) in [6.07, 6.45) is 1.96. The maximum Gasteiger partial charge on any atom is 0.304 e. The van der Waals surface area contributed by atoms with Crippen molar-refractivity contribution >= 4 is 16.0 Å². The van der Waals surface area contributed by atoms with Crippen molar-refractivity contribution in [3.8, 4) is 0 Å². The molecule has 2 N–H and O–H groups in total. The van der Waals surface area contributed by atoms with Crippen LogP contribution in [0.3, 0.4) is 0 Å². The number of carboxylic acids is 1. The number of aromatic nitrogens is 1. The summed E-state index contributed by atoms with van der Waals surface area (Å²) in [6, 6.07) is 3.68. The predicted molar refractivity (Wildman–Crippen MR) is 66.5 cm³/mol. The molecule has 1 heterocycles. The molecular formula is C11H16N2O4S. The van der Waals surface area contributed by atoms with Gasteiger partial charge in [0, 0.05) is 6.20 Å². The number of carbonyl (C=O) groups is 1. The van der Waals surface area contributed by atoms with Crippen LogP contribution in [0.2, 0.25) is 0 Å². The molecule has 0 bridgehead atoms. The number of rotatable bonds is 7. The van der Waals surface area contributed by atoms with Crippen molar-refractivity contribution in [3.63, 3.8) is 0 Å². The molecule has 1 aromatic heterocycles. The Labute approximate surface area is 106 Å². The zero-order chi connectivity index (χ0) is 13.6. The zero-order valence-corrected chi connectivity index (χ0v) is 10.9. The highest BCUT2D eigenvalue weighted by atomic mass is 32.2. The molecule has 0 aliphatic heterocycles. The molecule has 0 aliphatic carbocycles. The van der Waals surface area contributed by atoms with Crippen molar-refractivity contribution < 1.29 is 18.3 Å². The number of nitrogens with one attached hydrogen (secondary N) is 1. The molecule has 100 valence electrons. The lowest BCUT2D eigenvalue weighted by Crippen LogP contribution is -2.27. The van der Waals surface area contributed by atoms with Gasteiger partial charge in [-0.3, -0.25) is 9.78 Å². The molecule has 0 aliphatic rings. The van der Waals surface area contributed by atoms with Gasteiger partial charge in [-0.2, -0.15) is 0 Å². The fourth-order valence-electron chi connectivity index (χ4n) is 1.42. The lowest BCUT2D eigenvalue weighted by molar-refractivity contribution is -0.136. The quantitative estimate of drug-likeness (QED) is 0.755. The van der Waals surface area contributed by atoms with Crippen LogP contribution in [0.15, 0.2) is 18.3 Å². The van der Waals surface area contributed by atoms with Crippen molar-refractivity contribution in [1.82, 2.24) is 9.71 Å². The molecule has 0 amide bonds. The van der Waals surface area contributed by atoms with Crippen molar-refractivity contribution in [3.05, 3.63) is 29.6 Å². The van der Waals surface area contributed by atoms with E-state index in [-0.39, 0.29) is 6.54 Å². The number of hydrogen-bond acceptors (Lipinski definition) is 4. The van der Waals surface area contributed by atoms with E-state index in [0.717, 1.165) is 12.0 Å². The van der Waals surface area contributed by atoms with Crippen LogP contribution in [0.1, 0.15) is 24.6 Å². The van der Waals surface area contributed by atoms with Crippen LogP contribution in [0.4, 0.5) is 0 Å². The fraction of sp³-hybridized carbons (Fsp3) is 0.455. The molecule has 6 nitrogen and oxygen atoms in total. The summed E-state index contributed by atoms with van der Waals surface area (Å²) in [5.74, 6) is -1.55. The number of aryl methyl sites for hydroxylation is 1. The van der Waals surface area contributed by atoms with Crippen LogP contribution in [-0.2, 0) is 27.8 Å². The molecular weight excluding hydrogens is 256 g/mol. The molecule has 0 unspecified atom stereocenters. The highest BCUT2D eigenvalue weighted by Crippen LogP contribution is 2.06. The monoisotopic (exact) mass is 272 g/mol. The lowest BCUT2D eigenvalue weighted by atomic mass is 10.1. The van der Waals surface area contributed by atoms with Gasteiger partial charge in [0.1, 0.15) is 0 Å². The van der Waals surface area contributed by atoms with Crippen molar-refractivity contribution in [2.24, 2.45) is 0 Å². The molecule has 1 rings (SSSR count). The van der Waals surface area contributed by atoms with Gasteiger partial charge in [-0.15, -0.1) is 0 Å². The van der Waals surface area contributed by atoms with Crippen molar-refractivity contribution in [2.75, 3.05) is 5.75 Å². The standard InChI is InChI=1S/C11H16N2O4S/c1-2-9-4-3-6-12-10(9)8-13-18(16,17)7-5-11(14)15/h3-4,6,13H,2,5,7-8H2,1H3,(H,14,15). The third-order valence-corrected chi connectivity index (χ3v) is 3.74. The zero-order valence-electron chi connectivity index (χ0n) is 10.1. The number of nitrogens with zero attached hydrogens (tertiary/aromatic N) is 1. The Morgan fingerprint density at radius 3 is 2.83 bits per heavy atom. The van der Waals surface area contributed by atoms with Crippen LogP contribution < -0.4 is 4.72 Å². The van der Waals surface area contributed by atoms with Gasteiger partial charge < -0.3 is 5.11 Å². The topological polar surface area (TPSA) is 96.4 Å². The lowest BCUT2D eigenvalue weighted by Gasteiger charge is -2.08. The first-order valence-electron chi connectivity index (χ1n) is 5.56. The molecule has 0 saturated carbocycles. The van der Waals surface area contributed by atoms with E-state index in [4.69, 9.17) is 5.11 Å². The SMILES string of the molecule is CCc1cccnc1CNS(=O)(=O)CCC(=O)O. The van der Waals surface area contributed by atoms with E-state index >= 15 is 0 Å². The largest absolute Gasteiger partial charge is 0.481 e. The summed E-state index contributed by atoms with van der Waals surface area (Å²) >= 11 is 0. The number of pyridine rings is 1. The van der Waals surface area contributed by atoms with E-state index in [2.05, 4.69) is 9.71 Å². The van der Waals surface area contributed by atoms with Crippen molar-refractivity contribution in [2.45, 2.75) is 26.3 Å². The number of hydrogen-bond donors (Lipinski definition) is 2. The Morgan fingerprint density at radius 2 is 2.22 bits per heavy atom. The average Bonchev–Trinajstić information content (AvgIpc) is 2.34. The molecule has 0 spiro atoms. The molecule has 18 heavy (non-hydrogen) atoms. The van der Waals surface area contributed by atoms with Crippen LogP contribution in [0.25, 0.3) is 0 Å². The van der Waals surface area contributed by atoms with Gasteiger partial charge in [0.05, 0.1) is 24.4 Å². The Balaban J connectivity index is 2.61. The molecule has 1 aromatic rings. The van der Waals surface area contributed by atoms with Gasteiger partial charge in [0.15, 0.2) is 0 Å². The van der Waals surface area contributed by atoms with Crippen molar-refractivity contribution in [1.29, 1.82) is 0 Å². The normalized spacial score (nSPS) is 11.4. The van der Waals surface area contributed by atoms with Gasteiger partial charge in [0.25, 0.3) is 0 Å². The molecule has 0 fully saturated rings. The van der Waals surface area contributed by atoms with Gasteiger partial charge in [0.2, 0.25) is 10.0 Å². The Hall–Kier alpha value is -1.47. The van der Waals surface area contributed by atoms with Gasteiger partial charge in [-0.1, -0.05) is 13.0 Å². The summed E-state index contributed by atoms with van der Waals surface area (Å²) in [7, 11) is -3.57.